The van der Waals surface area contributed by atoms with Crippen LogP contribution in [0, 0.1) is 17.1 Å². The SMILES string of the molecule is N#Cc1cccc(CSc2nnc(-c3ccc(F)cc3)n2-c2ccccc2)c1. The third kappa shape index (κ3) is 3.80. The molecule has 1 heterocycles. The second-order valence-corrected chi connectivity index (χ2v) is 7.03. The summed E-state index contributed by atoms with van der Waals surface area (Å²) in [5.41, 5.74) is 3.39. The van der Waals surface area contributed by atoms with Crippen LogP contribution in [-0.4, -0.2) is 14.8 Å². The molecule has 0 saturated heterocycles. The maximum atomic E-state index is 13.3. The lowest BCUT2D eigenvalue weighted by Crippen LogP contribution is -1.99. The zero-order valence-corrected chi connectivity index (χ0v) is 15.6. The van der Waals surface area contributed by atoms with E-state index >= 15 is 0 Å². The summed E-state index contributed by atoms with van der Waals surface area (Å²) in [5, 5.41) is 18.5. The second kappa shape index (κ2) is 8.07. The van der Waals surface area contributed by atoms with E-state index < -0.39 is 0 Å². The molecule has 136 valence electrons. The zero-order chi connectivity index (χ0) is 19.3. The van der Waals surface area contributed by atoms with Crippen molar-refractivity contribution in [3.05, 3.63) is 95.8 Å². The Morgan fingerprint density at radius 3 is 2.46 bits per heavy atom. The van der Waals surface area contributed by atoms with Gasteiger partial charge < -0.3 is 0 Å². The quantitative estimate of drug-likeness (QED) is 0.440. The van der Waals surface area contributed by atoms with E-state index in [1.165, 1.54) is 23.9 Å². The van der Waals surface area contributed by atoms with Gasteiger partial charge in [-0.15, -0.1) is 10.2 Å². The Hall–Kier alpha value is -3.43. The molecule has 0 fully saturated rings. The number of benzene rings is 3. The molecule has 6 heteroatoms. The Morgan fingerprint density at radius 1 is 0.929 bits per heavy atom. The van der Waals surface area contributed by atoms with E-state index in [2.05, 4.69) is 16.3 Å². The lowest BCUT2D eigenvalue weighted by atomic mass is 10.2. The van der Waals surface area contributed by atoms with E-state index in [-0.39, 0.29) is 5.82 Å². The van der Waals surface area contributed by atoms with Gasteiger partial charge in [-0.05, 0) is 54.1 Å². The predicted molar refractivity (Wildman–Crippen MR) is 107 cm³/mol. The van der Waals surface area contributed by atoms with Crippen LogP contribution in [0.1, 0.15) is 11.1 Å². The van der Waals surface area contributed by atoms with Gasteiger partial charge in [-0.3, -0.25) is 4.57 Å². The van der Waals surface area contributed by atoms with Crippen LogP contribution in [-0.2, 0) is 5.75 Å². The third-order valence-electron chi connectivity index (χ3n) is 4.17. The van der Waals surface area contributed by atoms with Crippen molar-refractivity contribution in [1.82, 2.24) is 14.8 Å². The standard InChI is InChI=1S/C22H15FN4S/c23-19-11-9-18(10-12-19)21-25-26-22(27(21)20-7-2-1-3-8-20)28-15-17-6-4-5-16(13-17)14-24/h1-13H,15H2. The summed E-state index contributed by atoms with van der Waals surface area (Å²) in [7, 11) is 0. The highest BCUT2D eigenvalue weighted by atomic mass is 32.2. The molecule has 0 unspecified atom stereocenters. The normalized spacial score (nSPS) is 10.6. The first-order valence-electron chi connectivity index (χ1n) is 8.63. The van der Waals surface area contributed by atoms with Crippen molar-refractivity contribution in [3.63, 3.8) is 0 Å². The van der Waals surface area contributed by atoms with E-state index in [0.29, 0.717) is 17.1 Å². The molecule has 0 saturated carbocycles. The molecule has 0 aliphatic heterocycles. The van der Waals surface area contributed by atoms with Gasteiger partial charge in [0.05, 0.1) is 11.6 Å². The van der Waals surface area contributed by atoms with Gasteiger partial charge in [0.2, 0.25) is 0 Å². The highest BCUT2D eigenvalue weighted by Crippen LogP contribution is 2.29. The first-order valence-corrected chi connectivity index (χ1v) is 9.62. The average Bonchev–Trinajstić information content (AvgIpc) is 3.17. The summed E-state index contributed by atoms with van der Waals surface area (Å²) in [5.74, 6) is 1.02. The largest absolute Gasteiger partial charge is 0.270 e. The second-order valence-electron chi connectivity index (χ2n) is 6.08. The number of hydrogen-bond donors (Lipinski definition) is 0. The molecular weight excluding hydrogens is 371 g/mol. The minimum absolute atomic E-state index is 0.290. The van der Waals surface area contributed by atoms with Crippen LogP contribution in [0.3, 0.4) is 0 Å². The van der Waals surface area contributed by atoms with Crippen molar-refractivity contribution in [3.8, 4) is 23.1 Å². The van der Waals surface area contributed by atoms with E-state index in [4.69, 9.17) is 5.26 Å². The van der Waals surface area contributed by atoms with E-state index in [1.807, 2.05) is 53.1 Å². The number of nitrogens with zero attached hydrogens (tertiary/aromatic N) is 4. The Balaban J connectivity index is 1.71. The summed E-state index contributed by atoms with van der Waals surface area (Å²) in [6.07, 6.45) is 0. The van der Waals surface area contributed by atoms with E-state index in [9.17, 15) is 4.39 Å². The number of halogens is 1. The lowest BCUT2D eigenvalue weighted by Gasteiger charge is -2.10. The average molecular weight is 386 g/mol. The minimum Gasteiger partial charge on any atom is -0.270 e. The zero-order valence-electron chi connectivity index (χ0n) is 14.8. The fourth-order valence-corrected chi connectivity index (χ4v) is 3.73. The Kier molecular flexibility index (Phi) is 5.18. The first kappa shape index (κ1) is 18.0. The molecule has 0 amide bonds. The van der Waals surface area contributed by atoms with E-state index in [0.717, 1.165) is 22.0 Å². The summed E-state index contributed by atoms with van der Waals surface area (Å²) < 4.78 is 15.3. The molecule has 1 aromatic heterocycles. The van der Waals surface area contributed by atoms with Gasteiger partial charge >= 0.3 is 0 Å². The van der Waals surface area contributed by atoms with E-state index in [1.54, 1.807) is 18.2 Å². The summed E-state index contributed by atoms with van der Waals surface area (Å²) >= 11 is 1.54. The molecule has 28 heavy (non-hydrogen) atoms. The number of aromatic nitrogens is 3. The van der Waals surface area contributed by atoms with Gasteiger partial charge in [0.25, 0.3) is 0 Å². The third-order valence-corrected chi connectivity index (χ3v) is 5.17. The molecule has 0 radical (unpaired) electrons. The van der Waals surface area contributed by atoms with Crippen molar-refractivity contribution < 1.29 is 4.39 Å². The maximum Gasteiger partial charge on any atom is 0.196 e. The Labute approximate surface area is 166 Å². The molecule has 4 nitrogen and oxygen atoms in total. The Bertz CT molecular complexity index is 1130. The number of hydrogen-bond acceptors (Lipinski definition) is 4. The monoisotopic (exact) mass is 386 g/mol. The molecule has 0 atom stereocenters. The first-order chi connectivity index (χ1) is 13.7. The smallest absolute Gasteiger partial charge is 0.196 e. The predicted octanol–water partition coefficient (Wildman–Crippen LogP) is 5.24. The van der Waals surface area contributed by atoms with Crippen molar-refractivity contribution in [2.75, 3.05) is 0 Å². The van der Waals surface area contributed by atoms with Crippen LogP contribution in [0.25, 0.3) is 17.1 Å². The van der Waals surface area contributed by atoms with Gasteiger partial charge in [-0.25, -0.2) is 4.39 Å². The number of nitriles is 1. The molecule has 0 aliphatic rings. The molecular formula is C22H15FN4S. The molecule has 3 aromatic carbocycles. The Morgan fingerprint density at radius 2 is 1.71 bits per heavy atom. The van der Waals surface area contributed by atoms with Gasteiger partial charge in [0, 0.05) is 17.0 Å². The maximum absolute atomic E-state index is 13.3. The summed E-state index contributed by atoms with van der Waals surface area (Å²) in [6, 6.07) is 25.7. The highest BCUT2D eigenvalue weighted by Gasteiger charge is 2.16. The lowest BCUT2D eigenvalue weighted by molar-refractivity contribution is 0.628. The molecule has 4 aromatic rings. The molecule has 0 aliphatic carbocycles. The number of rotatable bonds is 5. The van der Waals surface area contributed by atoms with Crippen LogP contribution in [0.5, 0.6) is 0 Å². The fourth-order valence-electron chi connectivity index (χ4n) is 2.84. The highest BCUT2D eigenvalue weighted by molar-refractivity contribution is 7.98. The fraction of sp³-hybridized carbons (Fsp3) is 0.0455. The van der Waals surface area contributed by atoms with Gasteiger partial charge in [0.15, 0.2) is 11.0 Å². The van der Waals surface area contributed by atoms with Crippen molar-refractivity contribution in [1.29, 1.82) is 5.26 Å². The topological polar surface area (TPSA) is 54.5 Å². The molecule has 4 rings (SSSR count). The molecule has 0 spiro atoms. The van der Waals surface area contributed by atoms with Crippen molar-refractivity contribution >= 4 is 11.8 Å². The van der Waals surface area contributed by atoms with Gasteiger partial charge in [-0.1, -0.05) is 42.1 Å². The van der Waals surface area contributed by atoms with Crippen molar-refractivity contribution in [2.45, 2.75) is 10.9 Å². The minimum atomic E-state index is -0.290. The van der Waals surface area contributed by atoms with Crippen LogP contribution in [0.2, 0.25) is 0 Å². The molecule has 0 N–H and O–H groups in total. The van der Waals surface area contributed by atoms with Gasteiger partial charge in [-0.2, -0.15) is 5.26 Å². The number of thioether (sulfide) groups is 1. The van der Waals surface area contributed by atoms with Crippen LogP contribution >= 0.6 is 11.8 Å². The van der Waals surface area contributed by atoms with Crippen LogP contribution in [0.15, 0.2) is 84.0 Å². The van der Waals surface area contributed by atoms with Crippen LogP contribution in [0.4, 0.5) is 4.39 Å². The number of para-hydroxylation sites is 1. The molecule has 0 bridgehead atoms. The van der Waals surface area contributed by atoms with Crippen molar-refractivity contribution in [2.24, 2.45) is 0 Å². The van der Waals surface area contributed by atoms with Crippen LogP contribution < -0.4 is 0 Å². The summed E-state index contributed by atoms with van der Waals surface area (Å²) in [6.45, 7) is 0. The van der Waals surface area contributed by atoms with Gasteiger partial charge in [0.1, 0.15) is 5.82 Å². The summed E-state index contributed by atoms with van der Waals surface area (Å²) in [4.78, 5) is 0.